The molecule has 134 valence electrons. The van der Waals surface area contributed by atoms with Crippen molar-refractivity contribution in [2.75, 3.05) is 11.1 Å². The van der Waals surface area contributed by atoms with Crippen LogP contribution in [-0.4, -0.2) is 15.9 Å². The number of carbonyl (C=O) groups excluding carboxylic acids is 1. The van der Waals surface area contributed by atoms with Crippen LogP contribution in [-0.2, 0) is 5.75 Å². The fourth-order valence-electron chi connectivity index (χ4n) is 2.02. The predicted molar refractivity (Wildman–Crippen MR) is 102 cm³/mol. The van der Waals surface area contributed by atoms with Gasteiger partial charge in [-0.05, 0) is 29.8 Å². The number of aromatic nitrogens is 2. The van der Waals surface area contributed by atoms with Crippen molar-refractivity contribution < 1.29 is 9.21 Å². The lowest BCUT2D eigenvalue weighted by Crippen LogP contribution is -2.22. The van der Waals surface area contributed by atoms with E-state index in [4.69, 9.17) is 33.4 Å². The molecule has 3 rings (SSSR count). The van der Waals surface area contributed by atoms with E-state index in [2.05, 4.69) is 15.3 Å². The van der Waals surface area contributed by atoms with Gasteiger partial charge >= 0.3 is 0 Å². The van der Waals surface area contributed by atoms with E-state index in [1.54, 1.807) is 18.2 Å². The molecule has 3 aromatic rings. The zero-order valence-corrected chi connectivity index (χ0v) is 15.4. The minimum absolute atomic E-state index is 0.0573. The Labute approximate surface area is 161 Å². The first-order chi connectivity index (χ1) is 12.4. The highest BCUT2D eigenvalue weighted by Gasteiger charge is 2.15. The fourth-order valence-corrected chi connectivity index (χ4v) is 3.15. The van der Waals surface area contributed by atoms with E-state index >= 15 is 0 Å². The number of anilines is 2. The molecule has 0 aliphatic carbocycles. The number of amides is 1. The molecule has 26 heavy (non-hydrogen) atoms. The average Bonchev–Trinajstić information content (AvgIpc) is 3.14. The molecule has 0 saturated carbocycles. The highest BCUT2D eigenvalue weighted by atomic mass is 35.5. The molecule has 0 fully saturated rings. The van der Waals surface area contributed by atoms with Crippen molar-refractivity contribution in [3.05, 3.63) is 68.3 Å². The number of aromatic amines is 1. The SMILES string of the molecule is Nc1nc(SCc2ccc(Cl)c(Cl)c2)[nH]c(=O)c1NC(=O)c1ccco1. The molecule has 10 heteroatoms. The molecule has 1 aromatic carbocycles. The van der Waals surface area contributed by atoms with Crippen LogP contribution in [0, 0.1) is 0 Å². The molecule has 0 spiro atoms. The monoisotopic (exact) mass is 410 g/mol. The van der Waals surface area contributed by atoms with Gasteiger partial charge in [0.2, 0.25) is 0 Å². The van der Waals surface area contributed by atoms with E-state index in [-0.39, 0.29) is 17.3 Å². The Morgan fingerprint density at radius 2 is 2.12 bits per heavy atom. The first-order valence-corrected chi connectivity index (χ1v) is 8.99. The van der Waals surface area contributed by atoms with Gasteiger partial charge in [-0.1, -0.05) is 41.0 Å². The third-order valence-corrected chi connectivity index (χ3v) is 4.95. The Balaban J connectivity index is 1.73. The highest BCUT2D eigenvalue weighted by Crippen LogP contribution is 2.26. The van der Waals surface area contributed by atoms with E-state index in [1.807, 2.05) is 6.07 Å². The minimum atomic E-state index is -0.592. The van der Waals surface area contributed by atoms with Crippen LogP contribution in [0.4, 0.5) is 11.5 Å². The molecule has 0 aliphatic rings. The summed E-state index contributed by atoms with van der Waals surface area (Å²) < 4.78 is 4.97. The Hall–Kier alpha value is -2.42. The van der Waals surface area contributed by atoms with Gasteiger partial charge in [0.25, 0.3) is 11.5 Å². The van der Waals surface area contributed by atoms with Crippen molar-refractivity contribution in [2.45, 2.75) is 10.9 Å². The number of thioether (sulfide) groups is 1. The van der Waals surface area contributed by atoms with Gasteiger partial charge in [0, 0.05) is 5.75 Å². The van der Waals surface area contributed by atoms with Crippen LogP contribution in [0.25, 0.3) is 0 Å². The smallest absolute Gasteiger partial charge is 0.291 e. The quantitative estimate of drug-likeness (QED) is 0.435. The number of nitrogens with one attached hydrogen (secondary N) is 2. The number of hydrogen-bond donors (Lipinski definition) is 3. The van der Waals surface area contributed by atoms with E-state index in [0.717, 1.165) is 5.56 Å². The summed E-state index contributed by atoms with van der Waals surface area (Å²) in [4.78, 5) is 30.8. The van der Waals surface area contributed by atoms with Crippen molar-refractivity contribution in [1.82, 2.24) is 9.97 Å². The first kappa shape index (κ1) is 18.4. The second-order valence-electron chi connectivity index (χ2n) is 5.10. The molecule has 0 unspecified atom stereocenters. The van der Waals surface area contributed by atoms with Gasteiger partial charge < -0.3 is 15.5 Å². The van der Waals surface area contributed by atoms with Crippen molar-refractivity contribution >= 4 is 52.4 Å². The zero-order valence-electron chi connectivity index (χ0n) is 13.1. The summed E-state index contributed by atoms with van der Waals surface area (Å²) in [5.74, 6) is -0.130. The summed E-state index contributed by atoms with van der Waals surface area (Å²) in [5, 5.41) is 3.62. The third kappa shape index (κ3) is 4.21. The normalized spacial score (nSPS) is 10.7. The molecule has 0 radical (unpaired) electrons. The molecule has 0 atom stereocenters. The topological polar surface area (TPSA) is 114 Å². The van der Waals surface area contributed by atoms with Gasteiger partial charge in [-0.25, -0.2) is 4.98 Å². The van der Waals surface area contributed by atoms with Crippen molar-refractivity contribution in [2.24, 2.45) is 0 Å². The number of nitrogens with zero attached hydrogens (tertiary/aromatic N) is 1. The molecular weight excluding hydrogens is 399 g/mol. The Bertz CT molecular complexity index is 1010. The summed E-state index contributed by atoms with van der Waals surface area (Å²) >= 11 is 13.1. The molecule has 2 aromatic heterocycles. The van der Waals surface area contributed by atoms with Gasteiger partial charge in [0.1, 0.15) is 0 Å². The molecule has 0 aliphatic heterocycles. The Morgan fingerprint density at radius 1 is 1.31 bits per heavy atom. The Kier molecular flexibility index (Phi) is 5.55. The Morgan fingerprint density at radius 3 is 2.77 bits per heavy atom. The number of rotatable bonds is 5. The fraction of sp³-hybridized carbons (Fsp3) is 0.0625. The van der Waals surface area contributed by atoms with Crippen LogP contribution in [0.1, 0.15) is 16.1 Å². The maximum Gasteiger partial charge on any atom is 0.291 e. The maximum absolute atomic E-state index is 12.2. The van der Waals surface area contributed by atoms with E-state index in [0.29, 0.717) is 21.0 Å². The summed E-state index contributed by atoms with van der Waals surface area (Å²) in [6, 6.07) is 8.27. The number of furan rings is 1. The van der Waals surface area contributed by atoms with E-state index in [1.165, 1.54) is 24.1 Å². The minimum Gasteiger partial charge on any atom is -0.459 e. The lowest BCUT2D eigenvalue weighted by Gasteiger charge is -2.08. The number of hydrogen-bond acceptors (Lipinski definition) is 6. The van der Waals surface area contributed by atoms with Gasteiger partial charge in [0.15, 0.2) is 22.4 Å². The largest absolute Gasteiger partial charge is 0.459 e. The highest BCUT2D eigenvalue weighted by molar-refractivity contribution is 7.98. The van der Waals surface area contributed by atoms with Crippen LogP contribution < -0.4 is 16.6 Å². The first-order valence-electron chi connectivity index (χ1n) is 7.25. The van der Waals surface area contributed by atoms with Crippen LogP contribution in [0.15, 0.2) is 51.0 Å². The van der Waals surface area contributed by atoms with E-state index in [9.17, 15) is 9.59 Å². The molecule has 2 heterocycles. The number of nitrogen functional groups attached to an aromatic ring is 1. The number of carbonyl (C=O) groups is 1. The molecule has 7 nitrogen and oxygen atoms in total. The van der Waals surface area contributed by atoms with Crippen LogP contribution in [0.3, 0.4) is 0 Å². The zero-order chi connectivity index (χ0) is 18.7. The molecular formula is C16H12Cl2N4O3S. The summed E-state index contributed by atoms with van der Waals surface area (Å²) in [6.07, 6.45) is 1.35. The van der Waals surface area contributed by atoms with Crippen LogP contribution >= 0.6 is 35.0 Å². The number of halogens is 2. The van der Waals surface area contributed by atoms with Crippen LogP contribution in [0.2, 0.25) is 10.0 Å². The maximum atomic E-state index is 12.2. The third-order valence-electron chi connectivity index (χ3n) is 3.27. The number of benzene rings is 1. The van der Waals surface area contributed by atoms with Gasteiger partial charge in [0.05, 0.1) is 16.3 Å². The number of nitrogens with two attached hydrogens (primary N) is 1. The van der Waals surface area contributed by atoms with Gasteiger partial charge in [-0.15, -0.1) is 0 Å². The molecule has 0 bridgehead atoms. The van der Waals surface area contributed by atoms with Crippen LogP contribution in [0.5, 0.6) is 0 Å². The van der Waals surface area contributed by atoms with Gasteiger partial charge in [-0.3, -0.25) is 14.6 Å². The predicted octanol–water partition coefficient (Wildman–Crippen LogP) is 3.80. The second-order valence-corrected chi connectivity index (χ2v) is 6.88. The molecule has 0 saturated heterocycles. The number of H-pyrrole nitrogens is 1. The molecule has 4 N–H and O–H groups in total. The summed E-state index contributed by atoms with van der Waals surface area (Å²) in [6.45, 7) is 0. The van der Waals surface area contributed by atoms with Crippen molar-refractivity contribution in [3.8, 4) is 0 Å². The average molecular weight is 411 g/mol. The lowest BCUT2D eigenvalue weighted by molar-refractivity contribution is 0.0996. The van der Waals surface area contributed by atoms with Crippen molar-refractivity contribution in [1.29, 1.82) is 0 Å². The summed E-state index contributed by atoms with van der Waals surface area (Å²) in [5.41, 5.74) is 6.02. The van der Waals surface area contributed by atoms with Gasteiger partial charge in [-0.2, -0.15) is 0 Å². The van der Waals surface area contributed by atoms with Crippen molar-refractivity contribution in [3.63, 3.8) is 0 Å². The second kappa shape index (κ2) is 7.86. The standard InChI is InChI=1S/C16H12Cl2N4O3S/c17-9-4-3-8(6-10(9)18)7-26-16-21-13(19)12(15(24)22-16)20-14(23)11-2-1-5-25-11/h1-6H,7H2,(H,20,23)(H3,19,21,22,24). The van der Waals surface area contributed by atoms with E-state index < -0.39 is 11.5 Å². The molecule has 1 amide bonds. The lowest BCUT2D eigenvalue weighted by atomic mass is 10.2. The summed E-state index contributed by atoms with van der Waals surface area (Å²) in [7, 11) is 0.